The Balaban J connectivity index is 1.18. The van der Waals surface area contributed by atoms with Crippen LogP contribution in [-0.4, -0.2) is 87.1 Å². The zero-order valence-corrected chi connectivity index (χ0v) is 20.6. The molecule has 2 saturated heterocycles. The average molecular weight is 478 g/mol. The Morgan fingerprint density at radius 1 is 0.800 bits per heavy atom. The van der Waals surface area contributed by atoms with Gasteiger partial charge in [-0.05, 0) is 42.8 Å². The highest BCUT2D eigenvalue weighted by Gasteiger charge is 2.20. The topological polar surface area (TPSA) is 63.2 Å². The van der Waals surface area contributed by atoms with E-state index < -0.39 is 0 Å². The zero-order chi connectivity index (χ0) is 23.9. The second-order valence-corrected chi connectivity index (χ2v) is 9.00. The first-order chi connectivity index (χ1) is 17.3. The van der Waals surface area contributed by atoms with Crippen LogP contribution in [0.15, 0.2) is 48.8 Å². The summed E-state index contributed by atoms with van der Waals surface area (Å²) in [6.07, 6.45) is 2.68. The fraction of sp³-hybridized carbons (Fsp3) is 0.481. The molecule has 186 valence electrons. The molecule has 8 nitrogen and oxygen atoms in total. The van der Waals surface area contributed by atoms with E-state index in [0.717, 1.165) is 100 Å². The molecule has 2 aliphatic rings. The van der Waals surface area contributed by atoms with E-state index in [0.29, 0.717) is 6.61 Å². The van der Waals surface area contributed by atoms with Crippen molar-refractivity contribution in [2.24, 2.45) is 0 Å². The number of benzene rings is 2. The van der Waals surface area contributed by atoms with Crippen LogP contribution in [0.5, 0.6) is 11.5 Å². The number of ether oxygens (including phenoxy) is 3. The van der Waals surface area contributed by atoms with E-state index in [2.05, 4.69) is 61.9 Å². The van der Waals surface area contributed by atoms with Gasteiger partial charge >= 0.3 is 0 Å². The normalized spacial score (nSPS) is 17.1. The molecule has 2 aromatic carbocycles. The van der Waals surface area contributed by atoms with Crippen molar-refractivity contribution in [1.82, 2.24) is 14.9 Å². The smallest absolute Gasteiger partial charge is 0.140 e. The molecule has 0 spiro atoms. The molecule has 2 fully saturated rings. The molecule has 0 N–H and O–H groups in total. The predicted molar refractivity (Wildman–Crippen MR) is 139 cm³/mol. The fourth-order valence-electron chi connectivity index (χ4n) is 4.63. The minimum absolute atomic E-state index is 0.664. The van der Waals surface area contributed by atoms with Gasteiger partial charge in [0.25, 0.3) is 0 Å². The van der Waals surface area contributed by atoms with Gasteiger partial charge in [0.2, 0.25) is 0 Å². The van der Waals surface area contributed by atoms with E-state index in [1.54, 1.807) is 6.33 Å². The maximum atomic E-state index is 6.02. The lowest BCUT2D eigenvalue weighted by Gasteiger charge is -2.37. The number of fused-ring (bicyclic) bond motifs is 1. The van der Waals surface area contributed by atoms with Gasteiger partial charge in [-0.25, -0.2) is 9.97 Å². The predicted octanol–water partition coefficient (Wildman–Crippen LogP) is 3.46. The van der Waals surface area contributed by atoms with Gasteiger partial charge in [-0.3, -0.25) is 4.90 Å². The van der Waals surface area contributed by atoms with Crippen LogP contribution >= 0.6 is 0 Å². The maximum absolute atomic E-state index is 6.02. The number of aromatic nitrogens is 2. The molecular formula is C27H35N5O3. The third-order valence-electron chi connectivity index (χ3n) is 6.62. The average Bonchev–Trinajstić information content (AvgIpc) is 2.92. The summed E-state index contributed by atoms with van der Waals surface area (Å²) >= 11 is 0. The Kier molecular flexibility index (Phi) is 7.80. The van der Waals surface area contributed by atoms with E-state index in [1.807, 2.05) is 12.1 Å². The number of piperazine rings is 1. The first-order valence-electron chi connectivity index (χ1n) is 12.7. The Hall–Kier alpha value is -3.10. The van der Waals surface area contributed by atoms with Crippen molar-refractivity contribution < 1.29 is 14.2 Å². The summed E-state index contributed by atoms with van der Waals surface area (Å²) in [5.41, 5.74) is 2.16. The summed E-state index contributed by atoms with van der Waals surface area (Å²) < 4.78 is 17.1. The minimum Gasteiger partial charge on any atom is -0.494 e. The first kappa shape index (κ1) is 23.6. The molecule has 8 heteroatoms. The third kappa shape index (κ3) is 5.94. The molecule has 35 heavy (non-hydrogen) atoms. The van der Waals surface area contributed by atoms with E-state index in [-0.39, 0.29) is 0 Å². The molecule has 0 bridgehead atoms. The first-order valence-corrected chi connectivity index (χ1v) is 12.7. The van der Waals surface area contributed by atoms with Crippen molar-refractivity contribution in [3.63, 3.8) is 0 Å². The van der Waals surface area contributed by atoms with Gasteiger partial charge in [-0.15, -0.1) is 0 Å². The molecule has 0 unspecified atom stereocenters. The van der Waals surface area contributed by atoms with Crippen molar-refractivity contribution in [2.45, 2.75) is 13.3 Å². The molecular weight excluding hydrogens is 442 g/mol. The lowest BCUT2D eigenvalue weighted by molar-refractivity contribution is 0.0322. The van der Waals surface area contributed by atoms with Crippen LogP contribution in [0.3, 0.4) is 0 Å². The number of anilines is 2. The van der Waals surface area contributed by atoms with E-state index in [4.69, 9.17) is 14.2 Å². The monoisotopic (exact) mass is 477 g/mol. The Labute approximate surface area is 207 Å². The lowest BCUT2D eigenvalue weighted by atomic mass is 10.2. The van der Waals surface area contributed by atoms with Gasteiger partial charge in [-0.1, -0.05) is 6.92 Å². The molecule has 0 amide bonds. The maximum Gasteiger partial charge on any atom is 0.140 e. The van der Waals surface area contributed by atoms with E-state index in [1.165, 1.54) is 5.69 Å². The van der Waals surface area contributed by atoms with E-state index >= 15 is 0 Å². The molecule has 0 saturated carbocycles. The second kappa shape index (κ2) is 11.6. The van der Waals surface area contributed by atoms with Crippen LogP contribution in [0.1, 0.15) is 13.3 Å². The van der Waals surface area contributed by atoms with Crippen LogP contribution in [0.4, 0.5) is 11.5 Å². The molecule has 2 aliphatic heterocycles. The summed E-state index contributed by atoms with van der Waals surface area (Å²) in [6.45, 7) is 11.7. The van der Waals surface area contributed by atoms with Crippen molar-refractivity contribution >= 4 is 22.4 Å². The number of hydrogen-bond donors (Lipinski definition) is 0. The van der Waals surface area contributed by atoms with Crippen molar-refractivity contribution in [3.8, 4) is 11.5 Å². The van der Waals surface area contributed by atoms with Gasteiger partial charge in [0, 0.05) is 63.0 Å². The summed E-state index contributed by atoms with van der Waals surface area (Å²) in [5.74, 6) is 2.79. The van der Waals surface area contributed by atoms with Crippen molar-refractivity contribution in [3.05, 3.63) is 48.8 Å². The van der Waals surface area contributed by atoms with E-state index in [9.17, 15) is 0 Å². The van der Waals surface area contributed by atoms with Crippen LogP contribution in [0, 0.1) is 0 Å². The van der Waals surface area contributed by atoms with Gasteiger partial charge in [0.15, 0.2) is 0 Å². The second-order valence-electron chi connectivity index (χ2n) is 9.00. The number of hydrogen-bond acceptors (Lipinski definition) is 8. The molecule has 0 atom stereocenters. The fourth-order valence-corrected chi connectivity index (χ4v) is 4.63. The lowest BCUT2D eigenvalue weighted by Crippen LogP contribution is -2.46. The largest absolute Gasteiger partial charge is 0.494 e. The Bertz CT molecular complexity index is 1080. The molecule has 0 aliphatic carbocycles. The van der Waals surface area contributed by atoms with Crippen LogP contribution in [-0.2, 0) is 4.74 Å². The summed E-state index contributed by atoms with van der Waals surface area (Å²) in [5, 5.41) is 1.07. The van der Waals surface area contributed by atoms with Gasteiger partial charge in [0.05, 0.1) is 25.3 Å². The SMILES string of the molecule is CCCOc1ccc(N2CCN(c3ncnc4cc(OCCN5CCOCC5)ccc34)CC2)cc1. The number of nitrogens with zero attached hydrogens (tertiary/aromatic N) is 5. The minimum atomic E-state index is 0.664. The third-order valence-corrected chi connectivity index (χ3v) is 6.62. The highest BCUT2D eigenvalue weighted by atomic mass is 16.5. The zero-order valence-electron chi connectivity index (χ0n) is 20.6. The standard InChI is InChI=1S/C27H35N5O3/c1-2-16-34-23-5-3-22(4-6-23)31-9-11-32(12-10-31)27-25-8-7-24(20-26(25)28-21-29-27)35-19-15-30-13-17-33-18-14-30/h3-8,20-21H,2,9-19H2,1H3. The molecule has 3 aromatic rings. The van der Waals surface area contributed by atoms with Crippen molar-refractivity contribution in [1.29, 1.82) is 0 Å². The highest BCUT2D eigenvalue weighted by molar-refractivity contribution is 5.90. The van der Waals surface area contributed by atoms with Gasteiger partial charge in [0.1, 0.15) is 30.3 Å². The summed E-state index contributed by atoms with van der Waals surface area (Å²) in [4.78, 5) is 16.3. The van der Waals surface area contributed by atoms with Crippen LogP contribution < -0.4 is 19.3 Å². The van der Waals surface area contributed by atoms with Gasteiger partial charge < -0.3 is 24.0 Å². The summed E-state index contributed by atoms with van der Waals surface area (Å²) in [7, 11) is 0. The van der Waals surface area contributed by atoms with Crippen LogP contribution in [0.2, 0.25) is 0 Å². The molecule has 3 heterocycles. The van der Waals surface area contributed by atoms with Gasteiger partial charge in [-0.2, -0.15) is 0 Å². The molecule has 0 radical (unpaired) electrons. The quantitative estimate of drug-likeness (QED) is 0.464. The van der Waals surface area contributed by atoms with Crippen LogP contribution in [0.25, 0.3) is 10.9 Å². The number of rotatable bonds is 9. The highest BCUT2D eigenvalue weighted by Crippen LogP contribution is 2.28. The Morgan fingerprint density at radius 2 is 1.51 bits per heavy atom. The molecule has 1 aromatic heterocycles. The number of morpholine rings is 1. The Morgan fingerprint density at radius 3 is 2.29 bits per heavy atom. The van der Waals surface area contributed by atoms with Crippen molar-refractivity contribution in [2.75, 3.05) is 82.0 Å². The molecule has 5 rings (SSSR count). The summed E-state index contributed by atoms with van der Waals surface area (Å²) in [6, 6.07) is 14.6.